The van der Waals surface area contributed by atoms with Gasteiger partial charge in [0.1, 0.15) is 0 Å². The normalized spacial score (nSPS) is 13.6. The zero-order valence-corrected chi connectivity index (χ0v) is 11.7. The minimum atomic E-state index is 0.0839. The average molecular weight is 240 g/mol. The number of anilines is 1. The lowest BCUT2D eigenvalue weighted by molar-refractivity contribution is 0.102. The van der Waals surface area contributed by atoms with Crippen LogP contribution in [-0.4, -0.2) is 23.9 Å². The molecule has 0 aliphatic rings. The summed E-state index contributed by atoms with van der Waals surface area (Å²) in [4.78, 5) is 18.4. The number of Topliss-reactive ketones (excluding diaryl/α,β-unsaturated/α-hetero) is 1. The van der Waals surface area contributed by atoms with Crippen molar-refractivity contribution in [1.29, 1.82) is 0 Å². The molecular formula is C12H20N2OS. The second-order valence-corrected chi connectivity index (χ2v) is 6.23. The van der Waals surface area contributed by atoms with Crippen LogP contribution in [0.3, 0.4) is 0 Å². The fourth-order valence-electron chi connectivity index (χ4n) is 1.34. The molecule has 0 fully saturated rings. The Bertz CT molecular complexity index is 379. The van der Waals surface area contributed by atoms with Crippen LogP contribution in [0.5, 0.6) is 0 Å². The molecule has 1 unspecified atom stereocenters. The zero-order chi connectivity index (χ0) is 12.5. The van der Waals surface area contributed by atoms with Crippen LogP contribution in [0.1, 0.15) is 44.3 Å². The molecular weight excluding hydrogens is 220 g/mol. The Labute approximate surface area is 101 Å². The number of hydrogen-bond donors (Lipinski definition) is 0. The summed E-state index contributed by atoms with van der Waals surface area (Å²) in [6.45, 7) is 10.4. The number of thiazole rings is 1. The molecule has 90 valence electrons. The third kappa shape index (κ3) is 2.82. The van der Waals surface area contributed by atoms with E-state index in [0.717, 1.165) is 10.0 Å². The van der Waals surface area contributed by atoms with Gasteiger partial charge >= 0.3 is 0 Å². The molecule has 0 bridgehead atoms. The SMILES string of the molecule is CC(=O)c1cnc(N(C)C(C)C(C)(C)C)s1. The lowest BCUT2D eigenvalue weighted by atomic mass is 9.87. The van der Waals surface area contributed by atoms with E-state index < -0.39 is 0 Å². The van der Waals surface area contributed by atoms with Gasteiger partial charge in [0.15, 0.2) is 10.9 Å². The molecule has 1 heterocycles. The Morgan fingerprint density at radius 2 is 2.06 bits per heavy atom. The molecule has 0 aromatic carbocycles. The van der Waals surface area contributed by atoms with Crippen molar-refractivity contribution in [1.82, 2.24) is 4.98 Å². The van der Waals surface area contributed by atoms with Crippen LogP contribution in [-0.2, 0) is 0 Å². The second-order valence-electron chi connectivity index (χ2n) is 5.22. The Morgan fingerprint density at radius 1 is 1.50 bits per heavy atom. The topological polar surface area (TPSA) is 33.2 Å². The highest BCUT2D eigenvalue weighted by molar-refractivity contribution is 7.17. The molecule has 0 aliphatic carbocycles. The predicted octanol–water partition coefficient (Wildman–Crippen LogP) is 3.22. The van der Waals surface area contributed by atoms with Gasteiger partial charge in [-0.15, -0.1) is 0 Å². The van der Waals surface area contributed by atoms with E-state index in [-0.39, 0.29) is 11.2 Å². The number of aromatic nitrogens is 1. The molecule has 0 radical (unpaired) electrons. The van der Waals surface area contributed by atoms with E-state index in [0.29, 0.717) is 6.04 Å². The van der Waals surface area contributed by atoms with Crippen LogP contribution < -0.4 is 4.90 Å². The number of rotatable bonds is 3. The van der Waals surface area contributed by atoms with E-state index in [1.165, 1.54) is 11.3 Å². The van der Waals surface area contributed by atoms with E-state index in [4.69, 9.17) is 0 Å². The minimum Gasteiger partial charge on any atom is -0.348 e. The van der Waals surface area contributed by atoms with Gasteiger partial charge in [0.2, 0.25) is 0 Å². The fraction of sp³-hybridized carbons (Fsp3) is 0.667. The molecule has 0 saturated carbocycles. The number of nitrogens with zero attached hydrogens (tertiary/aromatic N) is 2. The second kappa shape index (κ2) is 4.53. The predicted molar refractivity (Wildman–Crippen MR) is 69.4 cm³/mol. The molecule has 1 atom stereocenters. The number of ketones is 1. The Kier molecular flexibility index (Phi) is 3.73. The van der Waals surface area contributed by atoms with Crippen LogP contribution in [0, 0.1) is 5.41 Å². The zero-order valence-electron chi connectivity index (χ0n) is 10.9. The molecule has 0 N–H and O–H groups in total. The summed E-state index contributed by atoms with van der Waals surface area (Å²) < 4.78 is 0. The summed E-state index contributed by atoms with van der Waals surface area (Å²) in [6.07, 6.45) is 1.66. The maximum Gasteiger partial charge on any atom is 0.185 e. The first-order valence-corrected chi connectivity index (χ1v) is 6.24. The van der Waals surface area contributed by atoms with Gasteiger partial charge in [-0.3, -0.25) is 4.79 Å². The van der Waals surface area contributed by atoms with Gasteiger partial charge in [0, 0.05) is 20.0 Å². The first-order valence-electron chi connectivity index (χ1n) is 5.43. The minimum absolute atomic E-state index is 0.0839. The highest BCUT2D eigenvalue weighted by atomic mass is 32.1. The third-order valence-electron chi connectivity index (χ3n) is 2.98. The average Bonchev–Trinajstić information content (AvgIpc) is 2.62. The van der Waals surface area contributed by atoms with Crippen LogP contribution in [0.15, 0.2) is 6.20 Å². The van der Waals surface area contributed by atoms with Gasteiger partial charge < -0.3 is 4.90 Å². The fourth-order valence-corrected chi connectivity index (χ4v) is 2.19. The summed E-state index contributed by atoms with van der Waals surface area (Å²) in [5.74, 6) is 0.0839. The van der Waals surface area contributed by atoms with Gasteiger partial charge in [0.05, 0.1) is 11.1 Å². The molecule has 1 rings (SSSR count). The Hall–Kier alpha value is -0.900. The number of carbonyl (C=O) groups excluding carboxylic acids is 1. The maximum atomic E-state index is 11.2. The van der Waals surface area contributed by atoms with E-state index in [1.54, 1.807) is 13.1 Å². The van der Waals surface area contributed by atoms with Gasteiger partial charge in [-0.2, -0.15) is 0 Å². The molecule has 0 aliphatic heterocycles. The van der Waals surface area contributed by atoms with E-state index in [1.807, 2.05) is 7.05 Å². The Balaban J connectivity index is 2.88. The molecule has 16 heavy (non-hydrogen) atoms. The van der Waals surface area contributed by atoms with Crippen molar-refractivity contribution < 1.29 is 4.79 Å². The van der Waals surface area contributed by atoms with Crippen molar-refractivity contribution in [2.75, 3.05) is 11.9 Å². The van der Waals surface area contributed by atoms with Crippen molar-refractivity contribution in [2.45, 2.75) is 40.7 Å². The summed E-state index contributed by atoms with van der Waals surface area (Å²) >= 11 is 1.46. The molecule has 4 heteroatoms. The van der Waals surface area contributed by atoms with Gasteiger partial charge in [-0.05, 0) is 12.3 Å². The van der Waals surface area contributed by atoms with Crippen molar-refractivity contribution in [3.63, 3.8) is 0 Å². The molecule has 0 saturated heterocycles. The number of carbonyl (C=O) groups is 1. The van der Waals surface area contributed by atoms with Gasteiger partial charge in [0.25, 0.3) is 0 Å². The molecule has 1 aromatic heterocycles. The number of hydrogen-bond acceptors (Lipinski definition) is 4. The van der Waals surface area contributed by atoms with Crippen molar-refractivity contribution in [3.05, 3.63) is 11.1 Å². The lowest BCUT2D eigenvalue weighted by Crippen LogP contribution is -2.39. The van der Waals surface area contributed by atoms with Crippen molar-refractivity contribution in [2.24, 2.45) is 5.41 Å². The summed E-state index contributed by atoms with van der Waals surface area (Å²) in [7, 11) is 2.03. The van der Waals surface area contributed by atoms with Crippen molar-refractivity contribution >= 4 is 22.3 Å². The quantitative estimate of drug-likeness (QED) is 0.761. The molecule has 0 amide bonds. The Morgan fingerprint density at radius 3 is 2.44 bits per heavy atom. The molecule has 1 aromatic rings. The third-order valence-corrected chi connectivity index (χ3v) is 4.17. The van der Waals surface area contributed by atoms with Gasteiger partial charge in [-0.1, -0.05) is 32.1 Å². The van der Waals surface area contributed by atoms with Crippen molar-refractivity contribution in [3.8, 4) is 0 Å². The smallest absolute Gasteiger partial charge is 0.185 e. The largest absolute Gasteiger partial charge is 0.348 e. The first-order chi connectivity index (χ1) is 7.23. The van der Waals surface area contributed by atoms with E-state index in [2.05, 4.69) is 37.6 Å². The van der Waals surface area contributed by atoms with E-state index >= 15 is 0 Å². The summed E-state index contributed by atoms with van der Waals surface area (Å²) in [5, 5.41) is 0.910. The van der Waals surface area contributed by atoms with Crippen LogP contribution in [0.25, 0.3) is 0 Å². The summed E-state index contributed by atoms with van der Waals surface area (Å²) in [6, 6.07) is 0.374. The standard InChI is InChI=1S/C12H20N2OS/c1-8(15)10-7-13-11(16-10)14(6)9(2)12(3,4)5/h7,9H,1-6H3. The lowest BCUT2D eigenvalue weighted by Gasteiger charge is -2.35. The van der Waals surface area contributed by atoms with Crippen LogP contribution in [0.4, 0.5) is 5.13 Å². The molecule has 0 spiro atoms. The maximum absolute atomic E-state index is 11.2. The first kappa shape index (κ1) is 13.2. The highest BCUT2D eigenvalue weighted by Crippen LogP contribution is 2.30. The van der Waals surface area contributed by atoms with Crippen LogP contribution >= 0.6 is 11.3 Å². The van der Waals surface area contributed by atoms with E-state index in [9.17, 15) is 4.79 Å². The summed E-state index contributed by atoms with van der Waals surface area (Å²) in [5.41, 5.74) is 0.191. The van der Waals surface area contributed by atoms with Crippen LogP contribution in [0.2, 0.25) is 0 Å². The highest BCUT2D eigenvalue weighted by Gasteiger charge is 2.25. The van der Waals surface area contributed by atoms with Gasteiger partial charge in [-0.25, -0.2) is 4.98 Å². The molecule has 3 nitrogen and oxygen atoms in total. The monoisotopic (exact) mass is 240 g/mol.